The molecule has 1 aromatic heterocycles. The predicted octanol–water partition coefficient (Wildman–Crippen LogP) is 5.34. The summed E-state index contributed by atoms with van der Waals surface area (Å²) < 4.78 is 23.2. The normalized spacial score (nSPS) is 13.7. The summed E-state index contributed by atoms with van der Waals surface area (Å²) in [6.45, 7) is -0.536. The van der Waals surface area contributed by atoms with E-state index in [0.29, 0.717) is 98.0 Å². The number of nitrogens with zero attached hydrogens (tertiary/aromatic N) is 1. The molecule has 1 aliphatic heterocycles. The van der Waals surface area contributed by atoms with Gasteiger partial charge in [0.05, 0.1) is 52.3 Å². The van der Waals surface area contributed by atoms with Crippen LogP contribution in [-0.4, -0.2) is 51.8 Å². The van der Waals surface area contributed by atoms with Crippen LogP contribution in [0.4, 0.5) is 5.69 Å². The molecule has 6 rings (SSSR count). The summed E-state index contributed by atoms with van der Waals surface area (Å²) in [5.74, 6) is 1.77. The van der Waals surface area contributed by atoms with Gasteiger partial charge in [-0.05, 0) is 82.9 Å². The van der Waals surface area contributed by atoms with Crippen LogP contribution in [0.2, 0.25) is 5.02 Å². The number of nitrogens with one attached hydrogen (secondary N) is 2. The van der Waals surface area contributed by atoms with Crippen molar-refractivity contribution in [1.82, 2.24) is 10.5 Å². The summed E-state index contributed by atoms with van der Waals surface area (Å²) >= 11 is 6.04. The number of aliphatic hydroxyl groups excluding tert-OH is 4. The molecule has 0 bridgehead atoms. The summed E-state index contributed by atoms with van der Waals surface area (Å²) in [5, 5.41) is 50.2. The van der Waals surface area contributed by atoms with Crippen molar-refractivity contribution in [2.75, 3.05) is 25.6 Å². The molecule has 0 radical (unpaired) electrons. The second kappa shape index (κ2) is 15.6. The van der Waals surface area contributed by atoms with Gasteiger partial charge in [0, 0.05) is 39.9 Å². The second-order valence-electron chi connectivity index (χ2n) is 11.5. The molecule has 0 aliphatic carbocycles. The number of anilines is 1. The lowest BCUT2D eigenvalue weighted by Crippen LogP contribution is -2.38. The average molecular weight is 702 g/mol. The highest BCUT2D eigenvalue weighted by molar-refractivity contribution is 6.31. The van der Waals surface area contributed by atoms with Crippen LogP contribution in [0.25, 0.3) is 22.6 Å². The number of hydrogen-bond acceptors (Lipinski definition) is 11. The minimum Gasteiger partial charge on any atom is -0.493 e. The van der Waals surface area contributed by atoms with Crippen molar-refractivity contribution in [3.05, 3.63) is 111 Å². The van der Waals surface area contributed by atoms with E-state index in [4.69, 9.17) is 30.3 Å². The van der Waals surface area contributed by atoms with E-state index in [0.717, 1.165) is 5.56 Å². The Morgan fingerprint density at radius 1 is 0.760 bits per heavy atom. The first kappa shape index (κ1) is 34.7. The van der Waals surface area contributed by atoms with E-state index in [9.17, 15) is 25.2 Å². The highest BCUT2D eigenvalue weighted by atomic mass is 35.5. The molecular weight excluding hydrogens is 666 g/mol. The number of rotatable bonds is 14. The van der Waals surface area contributed by atoms with Gasteiger partial charge in [0.1, 0.15) is 17.6 Å². The number of ether oxygens (including phenoxy) is 3. The van der Waals surface area contributed by atoms with Gasteiger partial charge < -0.3 is 49.8 Å². The smallest absolute Gasteiger partial charge is 0.255 e. The number of carbonyl (C=O) groups is 1. The van der Waals surface area contributed by atoms with Crippen LogP contribution in [0.3, 0.4) is 0 Å². The standard InChI is InChI=1S/C37H36ClN3O9/c1-47-33-8-3-21(34-16-31(41-50-34)23-12-24(17-42)29(20-45)25(13-23)18-43)14-35(33)49-10-2-9-48-32-7-4-22(11-26(32)19-44)36-39-30-6-5-27(38)15-28(30)37(46)40-36/h3-8,11-16,36,39,42-45H,2,9-10,17-20H2,1H3,(H,40,46). The number of hydrogen-bond donors (Lipinski definition) is 6. The number of halogens is 1. The summed E-state index contributed by atoms with van der Waals surface area (Å²) in [5.41, 5.74) is 5.76. The Morgan fingerprint density at radius 2 is 1.48 bits per heavy atom. The zero-order valence-electron chi connectivity index (χ0n) is 27.1. The third-order valence-corrected chi connectivity index (χ3v) is 8.62. The van der Waals surface area contributed by atoms with Crippen molar-refractivity contribution in [2.24, 2.45) is 0 Å². The molecule has 0 fully saturated rings. The molecular formula is C37H36ClN3O9. The van der Waals surface area contributed by atoms with E-state index in [1.807, 2.05) is 12.1 Å². The largest absolute Gasteiger partial charge is 0.493 e. The minimum atomic E-state index is -0.491. The number of aliphatic hydroxyl groups is 4. The Balaban J connectivity index is 1.08. The van der Waals surface area contributed by atoms with Crippen molar-refractivity contribution < 1.29 is 44.0 Å². The number of aromatic nitrogens is 1. The molecule has 5 aromatic rings. The molecule has 1 amide bonds. The van der Waals surface area contributed by atoms with Gasteiger partial charge >= 0.3 is 0 Å². The second-order valence-corrected chi connectivity index (χ2v) is 11.9. The van der Waals surface area contributed by atoms with Crippen LogP contribution in [0.5, 0.6) is 17.2 Å². The maximum atomic E-state index is 12.7. The third-order valence-electron chi connectivity index (χ3n) is 8.38. The summed E-state index contributed by atoms with van der Waals surface area (Å²) in [7, 11) is 1.55. The Kier molecular flexibility index (Phi) is 10.9. The highest BCUT2D eigenvalue weighted by Gasteiger charge is 2.25. The van der Waals surface area contributed by atoms with Gasteiger partial charge in [0.25, 0.3) is 5.91 Å². The Hall–Kier alpha value is -5.11. The first-order chi connectivity index (χ1) is 24.3. The summed E-state index contributed by atoms with van der Waals surface area (Å²) in [6.07, 6.45) is 0.0332. The fraction of sp³-hybridized carbons (Fsp3) is 0.243. The van der Waals surface area contributed by atoms with E-state index >= 15 is 0 Å². The first-order valence-corrected chi connectivity index (χ1v) is 16.2. The fourth-order valence-corrected chi connectivity index (χ4v) is 5.96. The average Bonchev–Trinajstić information content (AvgIpc) is 3.65. The van der Waals surface area contributed by atoms with Gasteiger partial charge in [-0.2, -0.15) is 0 Å². The topological polar surface area (TPSA) is 176 Å². The Bertz CT molecular complexity index is 1970. The molecule has 13 heteroatoms. The quantitative estimate of drug-likeness (QED) is 0.0824. The van der Waals surface area contributed by atoms with Crippen LogP contribution in [0.1, 0.15) is 50.8 Å². The molecule has 50 heavy (non-hydrogen) atoms. The zero-order valence-corrected chi connectivity index (χ0v) is 27.9. The van der Waals surface area contributed by atoms with Gasteiger partial charge in [0.15, 0.2) is 17.3 Å². The number of benzene rings is 4. The number of carbonyl (C=O) groups excluding carboxylic acids is 1. The number of fused-ring (bicyclic) bond motifs is 1. The molecule has 1 aliphatic rings. The van der Waals surface area contributed by atoms with E-state index in [1.54, 1.807) is 67.8 Å². The molecule has 260 valence electrons. The number of methoxy groups -OCH3 is 1. The van der Waals surface area contributed by atoms with Crippen molar-refractivity contribution in [1.29, 1.82) is 0 Å². The van der Waals surface area contributed by atoms with Crippen LogP contribution < -0.4 is 24.8 Å². The Morgan fingerprint density at radius 3 is 2.18 bits per heavy atom. The van der Waals surface area contributed by atoms with Crippen LogP contribution >= 0.6 is 11.6 Å². The minimum absolute atomic E-state index is 0.246. The SMILES string of the molecule is COc1ccc(-c2cc(-c3cc(CO)c(CO)c(CO)c3)no2)cc1OCCCOc1ccc(C2NC(=O)c3cc(Cl)ccc3N2)cc1CO. The number of amides is 1. The maximum Gasteiger partial charge on any atom is 0.255 e. The van der Waals surface area contributed by atoms with Crippen molar-refractivity contribution in [2.45, 2.75) is 39.0 Å². The van der Waals surface area contributed by atoms with E-state index in [1.165, 1.54) is 0 Å². The fourth-order valence-electron chi connectivity index (χ4n) is 5.78. The van der Waals surface area contributed by atoms with Crippen molar-refractivity contribution >= 4 is 23.2 Å². The molecule has 0 saturated heterocycles. The van der Waals surface area contributed by atoms with Gasteiger partial charge in [-0.3, -0.25) is 4.79 Å². The lowest BCUT2D eigenvalue weighted by Gasteiger charge is -2.28. The third kappa shape index (κ3) is 7.39. The van der Waals surface area contributed by atoms with Crippen LogP contribution in [0.15, 0.2) is 77.3 Å². The summed E-state index contributed by atoms with van der Waals surface area (Å²) in [6, 6.07) is 21.0. The van der Waals surface area contributed by atoms with Crippen LogP contribution in [-0.2, 0) is 26.4 Å². The van der Waals surface area contributed by atoms with Crippen molar-refractivity contribution in [3.63, 3.8) is 0 Å². The van der Waals surface area contributed by atoms with E-state index < -0.39 is 6.17 Å². The molecule has 0 spiro atoms. The van der Waals surface area contributed by atoms with E-state index in [-0.39, 0.29) is 32.3 Å². The molecule has 0 saturated carbocycles. The summed E-state index contributed by atoms with van der Waals surface area (Å²) in [4.78, 5) is 12.7. The highest BCUT2D eigenvalue weighted by Crippen LogP contribution is 2.35. The molecule has 4 aromatic carbocycles. The molecule has 1 unspecified atom stereocenters. The zero-order chi connectivity index (χ0) is 35.2. The van der Waals surface area contributed by atoms with Crippen LogP contribution in [0, 0.1) is 0 Å². The van der Waals surface area contributed by atoms with E-state index in [2.05, 4.69) is 15.8 Å². The monoisotopic (exact) mass is 701 g/mol. The van der Waals surface area contributed by atoms with Gasteiger partial charge in [-0.15, -0.1) is 0 Å². The molecule has 2 heterocycles. The Labute approximate surface area is 292 Å². The maximum absolute atomic E-state index is 12.7. The van der Waals surface area contributed by atoms with Gasteiger partial charge in [0.2, 0.25) is 0 Å². The van der Waals surface area contributed by atoms with Gasteiger partial charge in [-0.1, -0.05) is 22.8 Å². The molecule has 12 nitrogen and oxygen atoms in total. The predicted molar refractivity (Wildman–Crippen MR) is 185 cm³/mol. The lowest BCUT2D eigenvalue weighted by atomic mass is 9.97. The lowest BCUT2D eigenvalue weighted by molar-refractivity contribution is 0.0935. The first-order valence-electron chi connectivity index (χ1n) is 15.8. The molecule has 1 atom stereocenters. The molecule has 6 N–H and O–H groups in total. The van der Waals surface area contributed by atoms with Crippen molar-refractivity contribution in [3.8, 4) is 39.8 Å². The van der Waals surface area contributed by atoms with Gasteiger partial charge in [-0.25, -0.2) is 0 Å².